The third-order valence-electron chi connectivity index (χ3n) is 6.13. The first kappa shape index (κ1) is 26.2. The van der Waals surface area contributed by atoms with Crippen LogP contribution in [0.2, 0.25) is 0 Å². The Hall–Kier alpha value is -3.85. The fourth-order valence-electron chi connectivity index (χ4n) is 3.98. The number of para-hydroxylation sites is 2. The van der Waals surface area contributed by atoms with Crippen LogP contribution in [0.1, 0.15) is 43.6 Å². The quantitative estimate of drug-likeness (QED) is 0.485. The van der Waals surface area contributed by atoms with Gasteiger partial charge >= 0.3 is 0 Å². The van der Waals surface area contributed by atoms with Crippen LogP contribution in [0, 0.1) is 0 Å². The second kappa shape index (κ2) is 10.3. The molecule has 0 bridgehead atoms. The molecule has 0 saturated carbocycles. The molecule has 0 aromatic heterocycles. The zero-order valence-corrected chi connectivity index (χ0v) is 22.1. The van der Waals surface area contributed by atoms with Crippen LogP contribution in [0.4, 0.5) is 17.1 Å². The van der Waals surface area contributed by atoms with E-state index in [0.717, 1.165) is 5.56 Å². The van der Waals surface area contributed by atoms with Crippen LogP contribution in [0.5, 0.6) is 5.75 Å². The number of amides is 2. The van der Waals surface area contributed by atoms with Crippen LogP contribution < -0.4 is 19.7 Å². The van der Waals surface area contributed by atoms with Crippen molar-refractivity contribution in [1.82, 2.24) is 0 Å². The summed E-state index contributed by atoms with van der Waals surface area (Å²) in [4.78, 5) is 25.8. The summed E-state index contributed by atoms with van der Waals surface area (Å²) in [6, 6.07) is 20.9. The van der Waals surface area contributed by atoms with Gasteiger partial charge in [0.05, 0.1) is 18.0 Å². The molecule has 0 radical (unpaired) electrons. The number of fused-ring (bicyclic) bond motifs is 1. The summed E-state index contributed by atoms with van der Waals surface area (Å²) in [5, 5.41) is 5.62. The molecular weight excluding hydrogens is 490 g/mol. The Morgan fingerprint density at radius 1 is 0.946 bits per heavy atom. The molecule has 0 fully saturated rings. The molecule has 1 atom stereocenters. The number of ether oxygens (including phenoxy) is 1. The number of carbonyl (C=O) groups is 2. The Kier molecular flexibility index (Phi) is 7.27. The van der Waals surface area contributed by atoms with Gasteiger partial charge in [0.25, 0.3) is 11.8 Å². The summed E-state index contributed by atoms with van der Waals surface area (Å²) in [7, 11) is -3.61. The molecule has 4 rings (SSSR count). The lowest BCUT2D eigenvalue weighted by Crippen LogP contribution is -2.49. The minimum absolute atomic E-state index is 0.0105. The lowest BCUT2D eigenvalue weighted by atomic mass is 9.87. The molecule has 2 amide bonds. The highest BCUT2D eigenvalue weighted by Crippen LogP contribution is 2.35. The Morgan fingerprint density at radius 2 is 1.59 bits per heavy atom. The highest BCUT2D eigenvalue weighted by atomic mass is 32.2. The van der Waals surface area contributed by atoms with Crippen LogP contribution in [0.3, 0.4) is 0 Å². The third-order valence-corrected chi connectivity index (χ3v) is 7.88. The van der Waals surface area contributed by atoms with E-state index >= 15 is 0 Å². The van der Waals surface area contributed by atoms with E-state index in [1.165, 1.54) is 4.31 Å². The van der Waals surface area contributed by atoms with Gasteiger partial charge < -0.3 is 15.4 Å². The summed E-state index contributed by atoms with van der Waals surface area (Å²) >= 11 is 0. The molecule has 1 aliphatic rings. The van der Waals surface area contributed by atoms with E-state index in [1.807, 2.05) is 12.1 Å². The smallest absolute Gasteiger partial charge is 0.267 e. The fraction of sp³-hybridized carbons (Fsp3) is 0.286. The summed E-state index contributed by atoms with van der Waals surface area (Å²) in [6.45, 7) is 7.75. The van der Waals surface area contributed by atoms with Crippen LogP contribution >= 0.6 is 0 Å². The second-order valence-corrected chi connectivity index (χ2v) is 12.0. The Morgan fingerprint density at radius 3 is 2.24 bits per heavy atom. The molecule has 37 heavy (non-hydrogen) atoms. The molecule has 2 N–H and O–H groups in total. The maximum Gasteiger partial charge on any atom is 0.267 e. The van der Waals surface area contributed by atoms with Gasteiger partial charge in [0.1, 0.15) is 5.75 Å². The van der Waals surface area contributed by atoms with Crippen molar-refractivity contribution in [3.8, 4) is 5.75 Å². The van der Waals surface area contributed by atoms with Gasteiger partial charge in [-0.3, -0.25) is 13.9 Å². The van der Waals surface area contributed by atoms with E-state index in [-0.39, 0.29) is 23.6 Å². The summed E-state index contributed by atoms with van der Waals surface area (Å²) in [5.74, 6) is -0.538. The molecule has 1 heterocycles. The second-order valence-electron chi connectivity index (χ2n) is 9.86. The number of hydrogen-bond acceptors (Lipinski definition) is 5. The minimum atomic E-state index is -3.61. The first-order valence-electron chi connectivity index (χ1n) is 12.1. The lowest BCUT2D eigenvalue weighted by Gasteiger charge is -2.34. The van der Waals surface area contributed by atoms with Crippen molar-refractivity contribution in [2.24, 2.45) is 0 Å². The van der Waals surface area contributed by atoms with Gasteiger partial charge in [0.2, 0.25) is 10.0 Å². The average Bonchev–Trinajstić information content (AvgIpc) is 2.87. The SMILES string of the molecule is CCS(=O)(=O)N1C[C@H](C(=O)Nc2cccc(NC(=O)c3ccc(C(C)(C)C)cc3)c2)Oc2ccccc21. The average molecular weight is 522 g/mol. The van der Waals surface area contributed by atoms with E-state index in [2.05, 4.69) is 31.4 Å². The van der Waals surface area contributed by atoms with Gasteiger partial charge in [-0.2, -0.15) is 0 Å². The van der Waals surface area contributed by atoms with Gasteiger partial charge in [-0.1, -0.05) is 51.1 Å². The zero-order valence-electron chi connectivity index (χ0n) is 21.3. The Balaban J connectivity index is 1.46. The Labute approximate surface area is 217 Å². The monoisotopic (exact) mass is 521 g/mol. The number of anilines is 3. The van der Waals surface area contributed by atoms with Gasteiger partial charge in [-0.05, 0) is 60.4 Å². The summed E-state index contributed by atoms with van der Waals surface area (Å²) in [6.07, 6.45) is -1.05. The first-order valence-corrected chi connectivity index (χ1v) is 13.7. The third kappa shape index (κ3) is 5.94. The van der Waals surface area contributed by atoms with Gasteiger partial charge in [0.15, 0.2) is 6.10 Å². The molecule has 3 aromatic rings. The number of benzene rings is 3. The van der Waals surface area contributed by atoms with E-state index in [1.54, 1.807) is 67.6 Å². The number of nitrogens with zero attached hydrogens (tertiary/aromatic N) is 1. The molecule has 3 aromatic carbocycles. The molecule has 194 valence electrons. The van der Waals surface area contributed by atoms with Crippen LogP contribution in [0.15, 0.2) is 72.8 Å². The molecule has 0 unspecified atom stereocenters. The van der Waals surface area contributed by atoms with E-state index < -0.39 is 22.0 Å². The lowest BCUT2D eigenvalue weighted by molar-refractivity contribution is -0.122. The number of hydrogen-bond donors (Lipinski definition) is 2. The highest BCUT2D eigenvalue weighted by molar-refractivity contribution is 7.92. The van der Waals surface area contributed by atoms with Crippen LogP contribution in [0.25, 0.3) is 0 Å². The van der Waals surface area contributed by atoms with E-state index in [9.17, 15) is 18.0 Å². The van der Waals surface area contributed by atoms with Crippen molar-refractivity contribution in [2.75, 3.05) is 27.2 Å². The van der Waals surface area contributed by atoms with Crippen molar-refractivity contribution in [1.29, 1.82) is 0 Å². The van der Waals surface area contributed by atoms with Crippen molar-refractivity contribution in [3.63, 3.8) is 0 Å². The van der Waals surface area contributed by atoms with Crippen molar-refractivity contribution in [2.45, 2.75) is 39.2 Å². The van der Waals surface area contributed by atoms with Crippen LogP contribution in [-0.2, 0) is 20.2 Å². The largest absolute Gasteiger partial charge is 0.476 e. The van der Waals surface area contributed by atoms with Crippen molar-refractivity contribution in [3.05, 3.63) is 83.9 Å². The van der Waals surface area contributed by atoms with E-state index in [4.69, 9.17) is 4.74 Å². The zero-order chi connectivity index (χ0) is 26.8. The predicted octanol–water partition coefficient (Wildman–Crippen LogP) is 4.79. The molecule has 0 saturated heterocycles. The topological polar surface area (TPSA) is 105 Å². The standard InChI is InChI=1S/C28H31N3O5S/c1-5-37(34,35)31-18-25(36-24-12-7-6-11-23(24)31)27(33)30-22-10-8-9-21(17-22)29-26(32)19-13-15-20(16-14-19)28(2,3)4/h6-17,25H,5,18H2,1-4H3,(H,29,32)(H,30,33)/t25-/m1/s1. The molecule has 9 heteroatoms. The first-order chi connectivity index (χ1) is 17.5. The number of rotatable bonds is 6. The van der Waals surface area contributed by atoms with Gasteiger partial charge in [-0.25, -0.2) is 8.42 Å². The van der Waals surface area contributed by atoms with E-state index in [0.29, 0.717) is 28.4 Å². The minimum Gasteiger partial charge on any atom is -0.476 e. The summed E-state index contributed by atoms with van der Waals surface area (Å²) < 4.78 is 32.4. The Bertz CT molecular complexity index is 1410. The fourth-order valence-corrected chi connectivity index (χ4v) is 5.11. The summed E-state index contributed by atoms with van der Waals surface area (Å²) in [5.41, 5.74) is 3.00. The number of sulfonamides is 1. The van der Waals surface area contributed by atoms with Crippen LogP contribution in [-0.4, -0.2) is 38.6 Å². The molecule has 8 nitrogen and oxygen atoms in total. The van der Waals surface area contributed by atoms with Gasteiger partial charge in [-0.15, -0.1) is 0 Å². The van der Waals surface area contributed by atoms with Gasteiger partial charge in [0, 0.05) is 16.9 Å². The number of nitrogens with one attached hydrogen (secondary N) is 2. The maximum absolute atomic E-state index is 13.1. The van der Waals surface area contributed by atoms with Crippen molar-refractivity contribution < 1.29 is 22.7 Å². The van der Waals surface area contributed by atoms with Crippen molar-refractivity contribution >= 4 is 38.9 Å². The molecule has 0 aliphatic carbocycles. The molecule has 0 spiro atoms. The maximum atomic E-state index is 13.1. The highest BCUT2D eigenvalue weighted by Gasteiger charge is 2.36. The molecule has 1 aliphatic heterocycles. The normalized spacial score (nSPS) is 15.4. The molecular formula is C28H31N3O5S. The predicted molar refractivity (Wildman–Crippen MR) is 146 cm³/mol. The number of carbonyl (C=O) groups excluding carboxylic acids is 2.